The Morgan fingerprint density at radius 1 is 1.04 bits per heavy atom. The van der Waals surface area contributed by atoms with Crippen LogP contribution in [0, 0.1) is 13.8 Å². The van der Waals surface area contributed by atoms with E-state index < -0.39 is 16.0 Å². The smallest absolute Gasteiger partial charge is 0.307 e. The Morgan fingerprint density at radius 2 is 1.71 bits per heavy atom. The molecule has 0 aliphatic carbocycles. The van der Waals surface area contributed by atoms with Crippen molar-refractivity contribution >= 4 is 21.7 Å². The number of rotatable bonds is 6. The van der Waals surface area contributed by atoms with Crippen molar-refractivity contribution in [1.82, 2.24) is 0 Å². The lowest BCUT2D eigenvalue weighted by Gasteiger charge is -2.24. The number of carbonyl (C=O) groups is 1. The number of hydrogen-bond acceptors (Lipinski definition) is 4. The second-order valence-corrected chi connectivity index (χ2v) is 7.42. The van der Waals surface area contributed by atoms with E-state index in [1.165, 1.54) is 11.4 Å². The first-order valence-electron chi connectivity index (χ1n) is 7.57. The summed E-state index contributed by atoms with van der Waals surface area (Å²) in [6, 6.07) is 13.8. The molecule has 2 aromatic rings. The highest BCUT2D eigenvalue weighted by molar-refractivity contribution is 7.92. The molecule has 0 saturated carbocycles. The minimum atomic E-state index is -3.77. The predicted octanol–water partition coefficient (Wildman–Crippen LogP) is 3.06. The Kier molecular flexibility index (Phi) is 5.62. The summed E-state index contributed by atoms with van der Waals surface area (Å²) in [5.41, 5.74) is 2.44. The maximum absolute atomic E-state index is 13.0. The topological polar surface area (TPSA) is 63.7 Å². The van der Waals surface area contributed by atoms with Crippen molar-refractivity contribution in [3.8, 4) is 0 Å². The summed E-state index contributed by atoms with van der Waals surface area (Å²) in [5.74, 6) is -0.452. The number of sulfonamides is 1. The van der Waals surface area contributed by atoms with Crippen molar-refractivity contribution in [2.75, 3.05) is 18.0 Å². The van der Waals surface area contributed by atoms with Crippen molar-refractivity contribution < 1.29 is 17.9 Å². The maximum atomic E-state index is 13.0. The zero-order valence-corrected chi connectivity index (χ0v) is 14.8. The molecule has 2 aromatic carbocycles. The van der Waals surface area contributed by atoms with Gasteiger partial charge in [0.2, 0.25) is 0 Å². The summed E-state index contributed by atoms with van der Waals surface area (Å²) in [6.45, 7) is 3.80. The van der Waals surface area contributed by atoms with Gasteiger partial charge in [-0.2, -0.15) is 0 Å². The van der Waals surface area contributed by atoms with Crippen LogP contribution in [0.3, 0.4) is 0 Å². The molecule has 128 valence electrons. The Hall–Kier alpha value is -2.34. The summed E-state index contributed by atoms with van der Waals surface area (Å²) in [7, 11) is -2.48. The number of benzene rings is 2. The molecule has 6 heteroatoms. The average Bonchev–Trinajstić information content (AvgIpc) is 2.55. The van der Waals surface area contributed by atoms with Crippen molar-refractivity contribution in [2.24, 2.45) is 0 Å². The van der Waals surface area contributed by atoms with E-state index >= 15 is 0 Å². The van der Waals surface area contributed by atoms with Crippen molar-refractivity contribution in [1.29, 1.82) is 0 Å². The highest BCUT2D eigenvalue weighted by Gasteiger charge is 2.25. The number of aryl methyl sites for hydroxylation is 2. The van der Waals surface area contributed by atoms with Crippen LogP contribution in [0.5, 0.6) is 0 Å². The van der Waals surface area contributed by atoms with Crippen LogP contribution in [0.1, 0.15) is 17.5 Å². The molecular weight excluding hydrogens is 326 g/mol. The Balaban J connectivity index is 2.44. The lowest BCUT2D eigenvalue weighted by Crippen LogP contribution is -2.33. The zero-order valence-electron chi connectivity index (χ0n) is 14.0. The molecular formula is C18H21NO4S. The largest absolute Gasteiger partial charge is 0.469 e. The third-order valence-electron chi connectivity index (χ3n) is 3.65. The first-order valence-corrected chi connectivity index (χ1v) is 9.01. The van der Waals surface area contributed by atoms with Crippen LogP contribution in [0.15, 0.2) is 53.4 Å². The molecule has 0 saturated heterocycles. The molecule has 0 aliphatic rings. The number of carbonyl (C=O) groups excluding carboxylic acids is 1. The van der Waals surface area contributed by atoms with Gasteiger partial charge in [-0.15, -0.1) is 0 Å². The van der Waals surface area contributed by atoms with Gasteiger partial charge in [-0.3, -0.25) is 9.10 Å². The van der Waals surface area contributed by atoms with E-state index in [9.17, 15) is 13.2 Å². The van der Waals surface area contributed by atoms with Gasteiger partial charge in [-0.1, -0.05) is 29.8 Å². The van der Waals surface area contributed by atoms with E-state index in [0.29, 0.717) is 5.69 Å². The van der Waals surface area contributed by atoms with E-state index in [2.05, 4.69) is 4.74 Å². The molecule has 0 amide bonds. The number of esters is 1. The Morgan fingerprint density at radius 3 is 2.29 bits per heavy atom. The summed E-state index contributed by atoms with van der Waals surface area (Å²) in [6.07, 6.45) is -0.0183. The number of methoxy groups -OCH3 is 1. The lowest BCUT2D eigenvalue weighted by molar-refractivity contribution is -0.140. The number of hydrogen-bond donors (Lipinski definition) is 0. The molecule has 24 heavy (non-hydrogen) atoms. The van der Waals surface area contributed by atoms with Gasteiger partial charge in [0.05, 0.1) is 24.1 Å². The summed E-state index contributed by atoms with van der Waals surface area (Å²) < 4.78 is 31.9. The van der Waals surface area contributed by atoms with Gasteiger partial charge in [-0.05, 0) is 43.7 Å². The van der Waals surface area contributed by atoms with E-state index in [0.717, 1.165) is 11.1 Å². The third-order valence-corrected chi connectivity index (χ3v) is 5.49. The van der Waals surface area contributed by atoms with Gasteiger partial charge in [0, 0.05) is 6.54 Å². The van der Waals surface area contributed by atoms with Crippen LogP contribution >= 0.6 is 0 Å². The van der Waals surface area contributed by atoms with Crippen LogP contribution in [0.25, 0.3) is 0 Å². The summed E-state index contributed by atoms with van der Waals surface area (Å²) in [4.78, 5) is 11.7. The van der Waals surface area contributed by atoms with E-state index in [1.807, 2.05) is 19.9 Å². The second-order valence-electron chi connectivity index (χ2n) is 5.56. The molecule has 0 bridgehead atoms. The fourth-order valence-electron chi connectivity index (χ4n) is 2.30. The molecule has 0 aliphatic heterocycles. The van der Waals surface area contributed by atoms with Crippen molar-refractivity contribution in [3.63, 3.8) is 0 Å². The first-order chi connectivity index (χ1) is 11.3. The zero-order chi connectivity index (χ0) is 17.7. The van der Waals surface area contributed by atoms with Gasteiger partial charge in [-0.25, -0.2) is 8.42 Å². The van der Waals surface area contributed by atoms with Crippen LogP contribution in [-0.2, 0) is 19.6 Å². The standard InChI is InChI=1S/C18H21NO4S/c1-14-7-9-17(10-8-14)24(21,22)19(12-11-18(20)23-3)16-6-4-5-15(2)13-16/h4-10,13H,11-12H2,1-3H3. The molecule has 0 unspecified atom stereocenters. The number of anilines is 1. The van der Waals surface area contributed by atoms with E-state index in [1.54, 1.807) is 42.5 Å². The van der Waals surface area contributed by atoms with Crippen molar-refractivity contribution in [2.45, 2.75) is 25.2 Å². The second kappa shape index (κ2) is 7.49. The minimum absolute atomic E-state index is 0.0183. The van der Waals surface area contributed by atoms with Crippen LogP contribution in [0.2, 0.25) is 0 Å². The quantitative estimate of drug-likeness (QED) is 0.754. The molecule has 0 heterocycles. The molecule has 0 spiro atoms. The van der Waals surface area contributed by atoms with Gasteiger partial charge >= 0.3 is 5.97 Å². The number of ether oxygens (including phenoxy) is 1. The van der Waals surface area contributed by atoms with Crippen LogP contribution in [0.4, 0.5) is 5.69 Å². The number of nitrogens with zero attached hydrogens (tertiary/aromatic N) is 1. The molecule has 0 atom stereocenters. The van der Waals surface area contributed by atoms with E-state index in [-0.39, 0.29) is 17.9 Å². The third kappa shape index (κ3) is 4.14. The van der Waals surface area contributed by atoms with Crippen molar-refractivity contribution in [3.05, 3.63) is 59.7 Å². The monoisotopic (exact) mass is 347 g/mol. The minimum Gasteiger partial charge on any atom is -0.469 e. The SMILES string of the molecule is COC(=O)CCN(c1cccc(C)c1)S(=O)(=O)c1ccc(C)cc1. The fourth-order valence-corrected chi connectivity index (χ4v) is 3.76. The summed E-state index contributed by atoms with van der Waals surface area (Å²) >= 11 is 0. The normalized spacial score (nSPS) is 11.1. The average molecular weight is 347 g/mol. The van der Waals surface area contributed by atoms with Crippen LogP contribution < -0.4 is 4.31 Å². The Bertz CT molecular complexity index is 813. The predicted molar refractivity (Wildman–Crippen MR) is 93.5 cm³/mol. The molecule has 5 nitrogen and oxygen atoms in total. The van der Waals surface area contributed by atoms with Gasteiger partial charge in [0.15, 0.2) is 0 Å². The maximum Gasteiger partial charge on any atom is 0.307 e. The molecule has 2 rings (SSSR count). The highest BCUT2D eigenvalue weighted by Crippen LogP contribution is 2.25. The molecule has 0 radical (unpaired) electrons. The Labute approximate surface area is 142 Å². The van der Waals surface area contributed by atoms with Gasteiger partial charge in [0.1, 0.15) is 0 Å². The molecule has 0 N–H and O–H groups in total. The van der Waals surface area contributed by atoms with E-state index in [4.69, 9.17) is 0 Å². The summed E-state index contributed by atoms with van der Waals surface area (Å²) in [5, 5.41) is 0. The highest BCUT2D eigenvalue weighted by atomic mass is 32.2. The van der Waals surface area contributed by atoms with Gasteiger partial charge in [0.25, 0.3) is 10.0 Å². The lowest BCUT2D eigenvalue weighted by atomic mass is 10.2. The molecule has 0 fully saturated rings. The van der Waals surface area contributed by atoms with Crippen LogP contribution in [-0.4, -0.2) is 28.0 Å². The molecule has 0 aromatic heterocycles. The first kappa shape index (κ1) is 18.0. The van der Waals surface area contributed by atoms with Gasteiger partial charge < -0.3 is 4.74 Å². The fraction of sp³-hybridized carbons (Fsp3) is 0.278.